The first-order valence-electron chi connectivity index (χ1n) is 16.0. The number of nitrogens with zero attached hydrogens (tertiary/aromatic N) is 3. The lowest BCUT2D eigenvalue weighted by atomic mass is 10.0. The zero-order valence-electron chi connectivity index (χ0n) is 27.6. The maximum Gasteiger partial charge on any atom is 0.307 e. The fourth-order valence-corrected chi connectivity index (χ4v) is 5.48. The van der Waals surface area contributed by atoms with Gasteiger partial charge in [0.2, 0.25) is 0 Å². The van der Waals surface area contributed by atoms with Crippen LogP contribution < -0.4 is 9.47 Å². The first-order valence-corrected chi connectivity index (χ1v) is 16.0. The second-order valence-corrected chi connectivity index (χ2v) is 12.9. The number of carboxylic acid groups (broad SMARTS) is 1. The average molecular weight is 640 g/mol. The van der Waals surface area contributed by atoms with Crippen LogP contribution in [0.25, 0.3) is 39.3 Å². The highest BCUT2D eigenvalue weighted by atomic mass is 19.1. The number of ether oxygens (including phenoxy) is 2. The molecule has 3 aromatic carbocycles. The lowest BCUT2D eigenvalue weighted by Gasteiger charge is -2.16. The third-order valence-electron chi connectivity index (χ3n) is 7.66. The predicted octanol–water partition coefficient (Wildman–Crippen LogP) is 8.22. The number of hydrogen-bond acceptors (Lipinski definition) is 6. The second-order valence-electron chi connectivity index (χ2n) is 12.9. The number of fused-ring (bicyclic) bond motifs is 9. The molecule has 0 atom stereocenters. The van der Waals surface area contributed by atoms with E-state index in [1.54, 1.807) is 31.4 Å². The highest BCUT2D eigenvalue weighted by Gasteiger charge is 2.21. The Balaban J connectivity index is 0.000000807. The van der Waals surface area contributed by atoms with E-state index in [4.69, 9.17) is 24.7 Å². The van der Waals surface area contributed by atoms with Crippen LogP contribution >= 0.6 is 0 Å². The van der Waals surface area contributed by atoms with E-state index in [1.807, 2.05) is 62.4 Å². The number of aryl methyl sites for hydroxylation is 2. The molecule has 8 nitrogen and oxygen atoms in total. The minimum atomic E-state index is -0.942. The Kier molecular flexibility index (Phi) is 10.3. The summed E-state index contributed by atoms with van der Waals surface area (Å²) in [5.74, 6) is -0.0241. The molecule has 0 aliphatic carbocycles. The van der Waals surface area contributed by atoms with Crippen molar-refractivity contribution in [2.24, 2.45) is 0 Å². The van der Waals surface area contributed by atoms with E-state index < -0.39 is 11.6 Å². The highest BCUT2D eigenvalue weighted by molar-refractivity contribution is 5.80. The number of carboxylic acids is 1. The molecule has 0 amide bonds. The van der Waals surface area contributed by atoms with E-state index in [-0.39, 0.29) is 12.2 Å². The van der Waals surface area contributed by atoms with Gasteiger partial charge in [-0.1, -0.05) is 30.3 Å². The molecule has 5 aromatic rings. The summed E-state index contributed by atoms with van der Waals surface area (Å²) >= 11 is 0. The molecule has 0 radical (unpaired) electrons. The van der Waals surface area contributed by atoms with E-state index in [1.165, 1.54) is 12.1 Å². The lowest BCUT2D eigenvalue weighted by molar-refractivity contribution is -0.136. The van der Waals surface area contributed by atoms with Crippen LogP contribution in [0.2, 0.25) is 0 Å². The fourth-order valence-electron chi connectivity index (χ4n) is 5.48. The summed E-state index contributed by atoms with van der Waals surface area (Å²) < 4.78 is 28.2. The van der Waals surface area contributed by atoms with Crippen molar-refractivity contribution in [1.82, 2.24) is 14.6 Å². The third-order valence-corrected chi connectivity index (χ3v) is 7.66. The van der Waals surface area contributed by atoms with Gasteiger partial charge in [-0.15, -0.1) is 0 Å². The monoisotopic (exact) mass is 639 g/mol. The van der Waals surface area contributed by atoms with Crippen molar-refractivity contribution in [3.63, 3.8) is 0 Å². The van der Waals surface area contributed by atoms with E-state index in [2.05, 4.69) is 0 Å². The Hall–Kier alpha value is -4.76. The van der Waals surface area contributed by atoms with Gasteiger partial charge in [0.25, 0.3) is 0 Å². The topological polar surface area (TPSA) is 106 Å². The average Bonchev–Trinajstić information content (AvgIpc) is 3.42. The molecule has 2 N–H and O–H groups in total. The molecule has 6 rings (SSSR count). The standard InChI is InChI=1S/C34H32FN3O4.C4H10O/c1-21-10-11-25-17-30(21)41-14-5-3-4-6-15-42-31-18-26(35)12-13-27(31)23-8-7-9-24(16-23)29-20-32-36-22(2)28(19-33(39)40)34(25)38(32)37-29;1-4(2,3)5/h7-13,16-18,20H,3-6,14-15,19H2,1-2H3,(H,39,40);5H,1-3H3. The van der Waals surface area contributed by atoms with Crippen LogP contribution in [0.1, 0.15) is 63.3 Å². The maximum atomic E-state index is 14.2. The van der Waals surface area contributed by atoms with Crippen LogP contribution in [0.5, 0.6) is 11.5 Å². The summed E-state index contributed by atoms with van der Waals surface area (Å²) in [6.45, 7) is 10.1. The zero-order valence-corrected chi connectivity index (χ0v) is 27.6. The fraction of sp³-hybridized carbons (Fsp3) is 0.342. The molecule has 3 heterocycles. The zero-order chi connectivity index (χ0) is 33.7. The van der Waals surface area contributed by atoms with Crippen LogP contribution in [0.4, 0.5) is 4.39 Å². The van der Waals surface area contributed by atoms with Crippen LogP contribution in [0.15, 0.2) is 66.7 Å². The molecular formula is C38H42FN3O5. The van der Waals surface area contributed by atoms with E-state index >= 15 is 0 Å². The summed E-state index contributed by atoms with van der Waals surface area (Å²) in [4.78, 5) is 16.7. The largest absolute Gasteiger partial charge is 0.493 e. The van der Waals surface area contributed by atoms with Gasteiger partial charge in [0.05, 0.1) is 36.6 Å². The molecule has 0 unspecified atom stereocenters. The Morgan fingerprint density at radius 3 is 2.26 bits per heavy atom. The molecule has 0 fully saturated rings. The molecule has 1 aliphatic rings. The van der Waals surface area contributed by atoms with Crippen LogP contribution in [0, 0.1) is 19.7 Å². The molecule has 0 saturated heterocycles. The molecule has 9 heteroatoms. The smallest absolute Gasteiger partial charge is 0.307 e. The van der Waals surface area contributed by atoms with Crippen molar-refractivity contribution in [1.29, 1.82) is 0 Å². The van der Waals surface area contributed by atoms with Crippen LogP contribution in [0.3, 0.4) is 0 Å². The number of benzene rings is 3. The quantitative estimate of drug-likeness (QED) is 0.200. The van der Waals surface area contributed by atoms with Crippen molar-refractivity contribution in [2.75, 3.05) is 13.2 Å². The van der Waals surface area contributed by atoms with Crippen LogP contribution in [-0.4, -0.2) is 49.6 Å². The van der Waals surface area contributed by atoms with Gasteiger partial charge in [-0.25, -0.2) is 13.9 Å². The summed E-state index contributed by atoms with van der Waals surface area (Å²) in [7, 11) is 0. The van der Waals surface area contributed by atoms with Gasteiger partial charge in [0.15, 0.2) is 5.65 Å². The lowest BCUT2D eigenvalue weighted by Crippen LogP contribution is -2.10. The highest BCUT2D eigenvalue weighted by Crippen LogP contribution is 2.36. The minimum Gasteiger partial charge on any atom is -0.493 e. The molecule has 6 bridgehead atoms. The van der Waals surface area contributed by atoms with E-state index in [0.717, 1.165) is 59.3 Å². The van der Waals surface area contributed by atoms with Crippen LogP contribution in [-0.2, 0) is 11.2 Å². The summed E-state index contributed by atoms with van der Waals surface area (Å²) in [6, 6.07) is 20.3. The molecule has 0 saturated carbocycles. The molecule has 2 aromatic heterocycles. The van der Waals surface area contributed by atoms with E-state index in [9.17, 15) is 14.3 Å². The number of carbonyl (C=O) groups is 1. The number of rotatable bonds is 2. The normalized spacial score (nSPS) is 13.5. The van der Waals surface area contributed by atoms with Crippen molar-refractivity contribution >= 4 is 11.6 Å². The summed E-state index contributed by atoms with van der Waals surface area (Å²) in [5.41, 5.74) is 7.04. The van der Waals surface area contributed by atoms with Gasteiger partial charge < -0.3 is 19.7 Å². The Morgan fingerprint density at radius 2 is 1.55 bits per heavy atom. The molecule has 246 valence electrons. The Labute approximate surface area is 274 Å². The number of aliphatic carboxylic acids is 1. The van der Waals surface area contributed by atoms with Gasteiger partial charge in [-0.2, -0.15) is 5.10 Å². The van der Waals surface area contributed by atoms with Crippen molar-refractivity contribution in [3.05, 3.63) is 89.4 Å². The minimum absolute atomic E-state index is 0.188. The van der Waals surface area contributed by atoms with Gasteiger partial charge >= 0.3 is 5.97 Å². The first-order chi connectivity index (χ1) is 22.4. The number of hydrogen-bond donors (Lipinski definition) is 2. The van der Waals surface area contributed by atoms with Gasteiger partial charge in [-0.3, -0.25) is 4.79 Å². The van der Waals surface area contributed by atoms with Gasteiger partial charge in [0.1, 0.15) is 17.3 Å². The SMILES string of the molecule is CC(C)(C)O.Cc1ccc2cc1OCCCCCCOc1cc(F)ccc1-c1cccc(c1)-c1cc3nc(C)c(CC(=O)O)c-2n3n1. The summed E-state index contributed by atoms with van der Waals surface area (Å²) in [6.07, 6.45) is 3.49. The Bertz CT molecular complexity index is 1890. The molecule has 0 spiro atoms. The summed E-state index contributed by atoms with van der Waals surface area (Å²) in [5, 5.41) is 23.2. The van der Waals surface area contributed by atoms with Gasteiger partial charge in [0, 0.05) is 40.1 Å². The van der Waals surface area contributed by atoms with Gasteiger partial charge in [-0.05, 0) is 95.7 Å². The predicted molar refractivity (Wildman–Crippen MR) is 181 cm³/mol. The van der Waals surface area contributed by atoms with Crippen molar-refractivity contribution in [2.45, 2.75) is 72.3 Å². The number of aliphatic hydroxyl groups is 1. The molecular weight excluding hydrogens is 597 g/mol. The van der Waals surface area contributed by atoms with E-state index in [0.29, 0.717) is 47.3 Å². The third kappa shape index (κ3) is 8.54. The first kappa shape index (κ1) is 33.6. The number of halogens is 1. The maximum absolute atomic E-state index is 14.2. The number of aromatic nitrogens is 3. The molecule has 47 heavy (non-hydrogen) atoms. The van der Waals surface area contributed by atoms with Crippen molar-refractivity contribution < 1.29 is 28.9 Å². The van der Waals surface area contributed by atoms with Crippen molar-refractivity contribution in [3.8, 4) is 45.1 Å². The molecule has 1 aliphatic heterocycles. The Morgan fingerprint density at radius 1 is 0.872 bits per heavy atom. The second kappa shape index (κ2) is 14.3.